The Morgan fingerprint density at radius 3 is 2.04 bits per heavy atom. The number of rotatable bonds is 7. The lowest BCUT2D eigenvalue weighted by Gasteiger charge is -2.16. The Bertz CT molecular complexity index is 784. The van der Waals surface area contributed by atoms with Crippen molar-refractivity contribution in [2.24, 2.45) is 5.92 Å². The van der Waals surface area contributed by atoms with Crippen LogP contribution in [-0.4, -0.2) is 25.5 Å². The van der Waals surface area contributed by atoms with Crippen LogP contribution in [0.3, 0.4) is 0 Å². The van der Waals surface area contributed by atoms with Gasteiger partial charge in [-0.3, -0.25) is 4.79 Å². The van der Waals surface area contributed by atoms with Gasteiger partial charge >= 0.3 is 5.97 Å². The van der Waals surface area contributed by atoms with E-state index in [1.165, 1.54) is 12.1 Å². The van der Waals surface area contributed by atoms with Crippen molar-refractivity contribution in [2.45, 2.75) is 31.2 Å². The van der Waals surface area contributed by atoms with E-state index in [1.807, 2.05) is 44.2 Å². The third-order valence-electron chi connectivity index (χ3n) is 3.57. The maximum Gasteiger partial charge on any atom is 0.321 e. The predicted molar refractivity (Wildman–Crippen MR) is 93.1 cm³/mol. The van der Waals surface area contributed by atoms with Crippen molar-refractivity contribution in [1.29, 1.82) is 0 Å². The van der Waals surface area contributed by atoms with Gasteiger partial charge in [0.2, 0.25) is 10.0 Å². The molecule has 0 spiro atoms. The molecular weight excluding hydrogens is 326 g/mol. The van der Waals surface area contributed by atoms with Crippen molar-refractivity contribution in [1.82, 2.24) is 4.72 Å². The van der Waals surface area contributed by atoms with E-state index >= 15 is 0 Å². The number of sulfonamides is 1. The monoisotopic (exact) mass is 347 g/mol. The molecular formula is C18H21NO4S. The zero-order valence-corrected chi connectivity index (χ0v) is 14.5. The molecule has 1 atom stereocenters. The van der Waals surface area contributed by atoms with Crippen molar-refractivity contribution < 1.29 is 18.3 Å². The Balaban J connectivity index is 2.21. The van der Waals surface area contributed by atoms with Crippen LogP contribution in [0.25, 0.3) is 11.1 Å². The Morgan fingerprint density at radius 1 is 1.00 bits per heavy atom. The van der Waals surface area contributed by atoms with Crippen LogP contribution < -0.4 is 4.72 Å². The van der Waals surface area contributed by atoms with Crippen molar-refractivity contribution in [3.63, 3.8) is 0 Å². The summed E-state index contributed by atoms with van der Waals surface area (Å²) in [5.74, 6) is -1.11. The number of hydrogen-bond acceptors (Lipinski definition) is 3. The average Bonchev–Trinajstić information content (AvgIpc) is 2.54. The zero-order chi connectivity index (χ0) is 17.7. The molecule has 2 aromatic carbocycles. The van der Waals surface area contributed by atoms with E-state index in [2.05, 4.69) is 4.72 Å². The maximum atomic E-state index is 12.4. The predicted octanol–water partition coefficient (Wildman–Crippen LogP) is 3.13. The highest BCUT2D eigenvalue weighted by molar-refractivity contribution is 7.89. The van der Waals surface area contributed by atoms with Gasteiger partial charge in [0.25, 0.3) is 0 Å². The Labute approximate surface area is 142 Å². The first-order valence-electron chi connectivity index (χ1n) is 7.70. The molecule has 0 aliphatic rings. The van der Waals surface area contributed by atoms with Crippen LogP contribution in [0.5, 0.6) is 0 Å². The highest BCUT2D eigenvalue weighted by Gasteiger charge is 2.26. The van der Waals surface area contributed by atoms with Gasteiger partial charge in [0.05, 0.1) is 4.90 Å². The van der Waals surface area contributed by atoms with E-state index < -0.39 is 22.0 Å². The SMILES string of the molecule is CC(C)CC(NS(=O)(=O)c1ccc(-c2ccccc2)cc1)C(=O)O. The molecule has 0 radical (unpaired) electrons. The van der Waals surface area contributed by atoms with Gasteiger partial charge in [-0.2, -0.15) is 4.72 Å². The van der Waals surface area contributed by atoms with Crippen LogP contribution in [0.2, 0.25) is 0 Å². The summed E-state index contributed by atoms with van der Waals surface area (Å²) in [6, 6.07) is 14.9. The summed E-state index contributed by atoms with van der Waals surface area (Å²) >= 11 is 0. The topological polar surface area (TPSA) is 83.5 Å². The standard InChI is InChI=1S/C18H21NO4S/c1-13(2)12-17(18(20)21)19-24(22,23)16-10-8-15(9-11-16)14-6-4-3-5-7-14/h3-11,13,17,19H,12H2,1-2H3,(H,20,21). The average molecular weight is 347 g/mol. The number of carboxylic acids is 1. The zero-order valence-electron chi connectivity index (χ0n) is 13.6. The minimum absolute atomic E-state index is 0.0530. The van der Waals surface area contributed by atoms with E-state index in [0.29, 0.717) is 0 Å². The Hall–Kier alpha value is -2.18. The fourth-order valence-electron chi connectivity index (χ4n) is 2.38. The van der Waals surface area contributed by atoms with E-state index in [1.54, 1.807) is 12.1 Å². The second-order valence-corrected chi connectivity index (χ2v) is 7.75. The molecule has 0 aliphatic carbocycles. The third-order valence-corrected chi connectivity index (χ3v) is 5.06. The number of carboxylic acid groups (broad SMARTS) is 1. The lowest BCUT2D eigenvalue weighted by molar-refractivity contribution is -0.139. The van der Waals surface area contributed by atoms with Crippen molar-refractivity contribution in [3.05, 3.63) is 54.6 Å². The molecule has 0 fully saturated rings. The van der Waals surface area contributed by atoms with Gasteiger partial charge < -0.3 is 5.11 Å². The van der Waals surface area contributed by atoms with Gasteiger partial charge in [-0.1, -0.05) is 56.3 Å². The van der Waals surface area contributed by atoms with Crippen LogP contribution in [0, 0.1) is 5.92 Å². The molecule has 24 heavy (non-hydrogen) atoms. The summed E-state index contributed by atoms with van der Waals surface area (Å²) in [6.07, 6.45) is 0.233. The molecule has 1 unspecified atom stereocenters. The largest absolute Gasteiger partial charge is 0.480 e. The highest BCUT2D eigenvalue weighted by atomic mass is 32.2. The fraction of sp³-hybridized carbons (Fsp3) is 0.278. The van der Waals surface area contributed by atoms with E-state index in [9.17, 15) is 18.3 Å². The summed E-state index contributed by atoms with van der Waals surface area (Å²) in [5.41, 5.74) is 1.88. The first kappa shape index (κ1) is 18.2. The molecule has 0 aromatic heterocycles. The molecule has 2 N–H and O–H groups in total. The van der Waals surface area contributed by atoms with Gasteiger partial charge in [0.1, 0.15) is 6.04 Å². The minimum atomic E-state index is -3.88. The lowest BCUT2D eigenvalue weighted by Crippen LogP contribution is -2.41. The number of benzene rings is 2. The van der Waals surface area contributed by atoms with Gasteiger partial charge in [0.15, 0.2) is 0 Å². The molecule has 0 saturated heterocycles. The van der Waals surface area contributed by atoms with Crippen LogP contribution in [-0.2, 0) is 14.8 Å². The van der Waals surface area contributed by atoms with E-state index in [-0.39, 0.29) is 17.2 Å². The van der Waals surface area contributed by atoms with Crippen molar-refractivity contribution >= 4 is 16.0 Å². The smallest absolute Gasteiger partial charge is 0.321 e. The molecule has 5 nitrogen and oxygen atoms in total. The number of nitrogens with one attached hydrogen (secondary N) is 1. The molecule has 0 heterocycles. The summed E-state index contributed by atoms with van der Waals surface area (Å²) in [5, 5.41) is 9.20. The fourth-order valence-corrected chi connectivity index (χ4v) is 3.59. The Morgan fingerprint density at radius 2 is 1.54 bits per heavy atom. The molecule has 0 aliphatic heterocycles. The van der Waals surface area contributed by atoms with Crippen LogP contribution >= 0.6 is 0 Å². The molecule has 0 bridgehead atoms. The van der Waals surface area contributed by atoms with E-state index in [0.717, 1.165) is 11.1 Å². The third kappa shape index (κ3) is 4.66. The number of carbonyl (C=O) groups is 1. The molecule has 2 rings (SSSR count). The summed E-state index contributed by atoms with van der Waals surface area (Å²) < 4.78 is 27.1. The van der Waals surface area contributed by atoms with Crippen LogP contribution in [0.15, 0.2) is 59.5 Å². The lowest BCUT2D eigenvalue weighted by atomic mass is 10.1. The first-order chi connectivity index (χ1) is 11.3. The maximum absolute atomic E-state index is 12.4. The van der Waals surface area contributed by atoms with Gasteiger partial charge in [-0.25, -0.2) is 8.42 Å². The number of hydrogen-bond donors (Lipinski definition) is 2. The first-order valence-corrected chi connectivity index (χ1v) is 9.18. The Kier molecular flexibility index (Phi) is 5.75. The van der Waals surface area contributed by atoms with Crippen molar-refractivity contribution in [2.75, 3.05) is 0 Å². The van der Waals surface area contributed by atoms with Crippen LogP contribution in [0.4, 0.5) is 0 Å². The summed E-state index contributed by atoms with van der Waals surface area (Å²) in [4.78, 5) is 11.3. The second kappa shape index (κ2) is 7.59. The normalized spacial score (nSPS) is 13.0. The molecule has 2 aromatic rings. The van der Waals surface area contributed by atoms with Crippen LogP contribution in [0.1, 0.15) is 20.3 Å². The molecule has 0 saturated carbocycles. The summed E-state index contributed by atoms with van der Waals surface area (Å²) in [7, 11) is -3.88. The second-order valence-electron chi connectivity index (χ2n) is 6.03. The molecule has 0 amide bonds. The molecule has 128 valence electrons. The highest BCUT2D eigenvalue weighted by Crippen LogP contribution is 2.21. The molecule has 6 heteroatoms. The van der Waals surface area contributed by atoms with Gasteiger partial charge in [-0.15, -0.1) is 0 Å². The summed E-state index contributed by atoms with van der Waals surface area (Å²) in [6.45, 7) is 3.69. The van der Waals surface area contributed by atoms with E-state index in [4.69, 9.17) is 0 Å². The minimum Gasteiger partial charge on any atom is -0.480 e. The van der Waals surface area contributed by atoms with Crippen molar-refractivity contribution in [3.8, 4) is 11.1 Å². The van der Waals surface area contributed by atoms with Gasteiger partial charge in [0, 0.05) is 0 Å². The quantitative estimate of drug-likeness (QED) is 0.806. The van der Waals surface area contributed by atoms with Gasteiger partial charge in [-0.05, 0) is 35.6 Å². The number of aliphatic carboxylic acids is 1.